The quantitative estimate of drug-likeness (QED) is 0.779. The summed E-state index contributed by atoms with van der Waals surface area (Å²) in [5, 5.41) is 13.5. The Morgan fingerprint density at radius 3 is 2.26 bits per heavy atom. The number of rotatable bonds is 4. The molecule has 0 spiro atoms. The monoisotopic (exact) mass is 306 g/mol. The maximum Gasteiger partial charge on any atom is 0.356 e. The number of aromatic nitrogens is 2. The van der Waals surface area contributed by atoms with Crippen LogP contribution in [0.5, 0.6) is 0 Å². The van der Waals surface area contributed by atoms with Gasteiger partial charge < -0.3 is 5.11 Å². The van der Waals surface area contributed by atoms with Gasteiger partial charge in [-0.2, -0.15) is 5.10 Å². The normalized spacial score (nSPS) is 10.9. The summed E-state index contributed by atoms with van der Waals surface area (Å²) in [5.41, 5.74) is 3.83. The summed E-state index contributed by atoms with van der Waals surface area (Å²) in [6.07, 6.45) is 0. The van der Waals surface area contributed by atoms with Crippen LogP contribution in [0.3, 0.4) is 0 Å². The SMILES string of the molecule is CC(C)c1ccc(-c2cc(C(=O)O)nn2-c2ccccc2)cc1. The van der Waals surface area contributed by atoms with Gasteiger partial charge in [-0.1, -0.05) is 56.3 Å². The van der Waals surface area contributed by atoms with Crippen LogP contribution in [-0.2, 0) is 0 Å². The van der Waals surface area contributed by atoms with E-state index in [0.717, 1.165) is 16.9 Å². The summed E-state index contributed by atoms with van der Waals surface area (Å²) in [4.78, 5) is 11.3. The third-order valence-electron chi connectivity index (χ3n) is 3.80. The first-order valence-electron chi connectivity index (χ1n) is 7.55. The summed E-state index contributed by atoms with van der Waals surface area (Å²) < 4.78 is 1.67. The molecular formula is C19H18N2O2. The van der Waals surface area contributed by atoms with Crippen molar-refractivity contribution in [3.63, 3.8) is 0 Å². The molecule has 0 saturated heterocycles. The summed E-state index contributed by atoms with van der Waals surface area (Å²) in [7, 11) is 0. The van der Waals surface area contributed by atoms with Gasteiger partial charge in [-0.25, -0.2) is 9.48 Å². The minimum atomic E-state index is -1.03. The van der Waals surface area contributed by atoms with Crippen molar-refractivity contribution in [2.75, 3.05) is 0 Å². The highest BCUT2D eigenvalue weighted by Gasteiger charge is 2.16. The lowest BCUT2D eigenvalue weighted by atomic mass is 10.0. The minimum Gasteiger partial charge on any atom is -0.476 e. The summed E-state index contributed by atoms with van der Waals surface area (Å²) >= 11 is 0. The minimum absolute atomic E-state index is 0.0387. The highest BCUT2D eigenvalue weighted by atomic mass is 16.4. The van der Waals surface area contributed by atoms with Gasteiger partial charge in [-0.15, -0.1) is 0 Å². The molecular weight excluding hydrogens is 288 g/mol. The average molecular weight is 306 g/mol. The number of benzene rings is 2. The summed E-state index contributed by atoms with van der Waals surface area (Å²) in [6, 6.07) is 19.3. The Hall–Kier alpha value is -2.88. The number of hydrogen-bond donors (Lipinski definition) is 1. The lowest BCUT2D eigenvalue weighted by molar-refractivity contribution is 0.0690. The van der Waals surface area contributed by atoms with Crippen LogP contribution in [0, 0.1) is 0 Å². The topological polar surface area (TPSA) is 55.1 Å². The molecule has 0 saturated carbocycles. The van der Waals surface area contributed by atoms with E-state index in [0.29, 0.717) is 5.92 Å². The van der Waals surface area contributed by atoms with Crippen LogP contribution in [0.1, 0.15) is 35.8 Å². The molecule has 0 amide bonds. The van der Waals surface area contributed by atoms with E-state index in [-0.39, 0.29) is 5.69 Å². The zero-order valence-corrected chi connectivity index (χ0v) is 13.1. The Bertz CT molecular complexity index is 818. The predicted molar refractivity (Wildman–Crippen MR) is 90.0 cm³/mol. The van der Waals surface area contributed by atoms with Gasteiger partial charge in [0.2, 0.25) is 0 Å². The molecule has 1 aromatic heterocycles. The molecule has 0 aliphatic rings. The molecule has 0 aliphatic carbocycles. The van der Waals surface area contributed by atoms with Crippen LogP contribution in [0.25, 0.3) is 16.9 Å². The van der Waals surface area contributed by atoms with E-state index < -0.39 is 5.97 Å². The second kappa shape index (κ2) is 6.08. The Balaban J connectivity index is 2.12. The first kappa shape index (κ1) is 15.0. The fraction of sp³-hybridized carbons (Fsp3) is 0.158. The van der Waals surface area contributed by atoms with Gasteiger partial charge in [-0.05, 0) is 29.7 Å². The number of carboxylic acids is 1. The Morgan fingerprint density at radius 1 is 1.04 bits per heavy atom. The van der Waals surface area contributed by atoms with Gasteiger partial charge in [-0.3, -0.25) is 0 Å². The summed E-state index contributed by atoms with van der Waals surface area (Å²) in [6.45, 7) is 4.29. The second-order valence-electron chi connectivity index (χ2n) is 5.74. The lowest BCUT2D eigenvalue weighted by Gasteiger charge is -2.09. The maximum atomic E-state index is 11.3. The molecule has 0 unspecified atom stereocenters. The highest BCUT2D eigenvalue weighted by Crippen LogP contribution is 2.26. The molecule has 1 N–H and O–H groups in total. The van der Waals surface area contributed by atoms with Gasteiger partial charge in [0.15, 0.2) is 5.69 Å². The first-order chi connectivity index (χ1) is 11.1. The van der Waals surface area contributed by atoms with Crippen LogP contribution >= 0.6 is 0 Å². The molecule has 0 fully saturated rings. The van der Waals surface area contributed by atoms with Crippen molar-refractivity contribution in [3.8, 4) is 16.9 Å². The van der Waals surface area contributed by atoms with Crippen molar-refractivity contribution < 1.29 is 9.90 Å². The van der Waals surface area contributed by atoms with Crippen LogP contribution in [0.15, 0.2) is 60.7 Å². The first-order valence-corrected chi connectivity index (χ1v) is 7.55. The number of aromatic carboxylic acids is 1. The van der Waals surface area contributed by atoms with E-state index >= 15 is 0 Å². The lowest BCUT2D eigenvalue weighted by Crippen LogP contribution is -2.02. The van der Waals surface area contributed by atoms with Crippen molar-refractivity contribution in [2.24, 2.45) is 0 Å². The molecule has 0 bridgehead atoms. The predicted octanol–water partition coefficient (Wildman–Crippen LogP) is 4.36. The number of para-hydroxylation sites is 1. The van der Waals surface area contributed by atoms with Crippen molar-refractivity contribution in [1.82, 2.24) is 9.78 Å². The van der Waals surface area contributed by atoms with Crippen LogP contribution < -0.4 is 0 Å². The van der Waals surface area contributed by atoms with E-state index in [9.17, 15) is 9.90 Å². The van der Waals surface area contributed by atoms with Crippen LogP contribution in [0.2, 0.25) is 0 Å². The third kappa shape index (κ3) is 3.01. The molecule has 4 nitrogen and oxygen atoms in total. The standard InChI is InChI=1S/C19H18N2O2/c1-13(2)14-8-10-15(11-9-14)18-12-17(19(22)23)20-21(18)16-6-4-3-5-7-16/h3-13H,1-2H3,(H,22,23). The fourth-order valence-corrected chi connectivity index (χ4v) is 2.50. The Kier molecular flexibility index (Phi) is 3.98. The molecule has 2 aromatic carbocycles. The van der Waals surface area contributed by atoms with Gasteiger partial charge in [0, 0.05) is 5.56 Å². The molecule has 116 valence electrons. The van der Waals surface area contributed by atoms with Crippen molar-refractivity contribution in [1.29, 1.82) is 0 Å². The third-order valence-corrected chi connectivity index (χ3v) is 3.80. The van der Waals surface area contributed by atoms with E-state index in [4.69, 9.17) is 0 Å². The fourth-order valence-electron chi connectivity index (χ4n) is 2.50. The van der Waals surface area contributed by atoms with Crippen molar-refractivity contribution in [3.05, 3.63) is 71.9 Å². The van der Waals surface area contributed by atoms with Crippen LogP contribution in [-0.4, -0.2) is 20.9 Å². The molecule has 0 atom stereocenters. The van der Waals surface area contributed by atoms with E-state index in [1.807, 2.05) is 42.5 Å². The highest BCUT2D eigenvalue weighted by molar-refractivity contribution is 5.87. The zero-order valence-electron chi connectivity index (χ0n) is 13.1. The maximum absolute atomic E-state index is 11.3. The van der Waals surface area contributed by atoms with Gasteiger partial charge in [0.1, 0.15) is 0 Å². The zero-order chi connectivity index (χ0) is 16.4. The number of carboxylic acid groups (broad SMARTS) is 1. The summed E-state index contributed by atoms with van der Waals surface area (Å²) in [5.74, 6) is -0.572. The molecule has 23 heavy (non-hydrogen) atoms. The number of nitrogens with zero attached hydrogens (tertiary/aromatic N) is 2. The molecule has 3 aromatic rings. The van der Waals surface area contributed by atoms with Crippen molar-refractivity contribution in [2.45, 2.75) is 19.8 Å². The largest absolute Gasteiger partial charge is 0.476 e. The van der Waals surface area contributed by atoms with Crippen molar-refractivity contribution >= 4 is 5.97 Å². The molecule has 0 aliphatic heterocycles. The average Bonchev–Trinajstić information content (AvgIpc) is 3.01. The number of carbonyl (C=O) groups is 1. The van der Waals surface area contributed by atoms with Gasteiger partial charge in [0.25, 0.3) is 0 Å². The molecule has 1 heterocycles. The Morgan fingerprint density at radius 2 is 1.70 bits per heavy atom. The van der Waals surface area contributed by atoms with Gasteiger partial charge >= 0.3 is 5.97 Å². The molecule has 4 heteroatoms. The van der Waals surface area contributed by atoms with E-state index in [2.05, 4.69) is 31.1 Å². The van der Waals surface area contributed by atoms with E-state index in [1.54, 1.807) is 10.7 Å². The number of hydrogen-bond acceptors (Lipinski definition) is 2. The van der Waals surface area contributed by atoms with E-state index in [1.165, 1.54) is 5.56 Å². The van der Waals surface area contributed by atoms with Gasteiger partial charge in [0.05, 0.1) is 11.4 Å². The molecule has 3 rings (SSSR count). The smallest absolute Gasteiger partial charge is 0.356 e. The second-order valence-corrected chi connectivity index (χ2v) is 5.74. The van der Waals surface area contributed by atoms with Crippen LogP contribution in [0.4, 0.5) is 0 Å². The molecule has 0 radical (unpaired) electrons. The Labute approximate surface area is 135 Å².